The number of nitrogens with one attached hydrogen (secondary N) is 1. The molecule has 1 N–H and O–H groups in total. The predicted octanol–water partition coefficient (Wildman–Crippen LogP) is 0.782. The molecular weight excluding hydrogens is 274 g/mol. The highest BCUT2D eigenvalue weighted by Crippen LogP contribution is 2.29. The van der Waals surface area contributed by atoms with Crippen LogP contribution in [0.5, 0.6) is 0 Å². The van der Waals surface area contributed by atoms with Gasteiger partial charge in [0.2, 0.25) is 5.91 Å². The summed E-state index contributed by atoms with van der Waals surface area (Å²) in [4.78, 5) is 14.2. The second-order valence-corrected chi connectivity index (χ2v) is 8.67. The summed E-state index contributed by atoms with van der Waals surface area (Å²) in [5.74, 6) is 0.529. The Morgan fingerprint density at radius 2 is 2.05 bits per heavy atom. The quantitative estimate of drug-likeness (QED) is 0.835. The van der Waals surface area contributed by atoms with Crippen molar-refractivity contribution in [1.29, 1.82) is 5.26 Å². The Kier molecular flexibility index (Phi) is 4.50. The van der Waals surface area contributed by atoms with E-state index >= 15 is 0 Å². The van der Waals surface area contributed by atoms with E-state index in [2.05, 4.69) is 11.4 Å². The van der Waals surface area contributed by atoms with Gasteiger partial charge in [-0.3, -0.25) is 13.9 Å². The summed E-state index contributed by atoms with van der Waals surface area (Å²) in [6.07, 6.45) is 3.52. The average molecular weight is 297 g/mol. The lowest BCUT2D eigenvalue weighted by molar-refractivity contribution is -0.123. The molecule has 0 unspecified atom stereocenters. The monoisotopic (exact) mass is 297 g/mol. The molecule has 0 aromatic heterocycles. The van der Waals surface area contributed by atoms with Gasteiger partial charge in [0.15, 0.2) is 0 Å². The lowest BCUT2D eigenvalue weighted by Crippen LogP contribution is -2.54. The highest BCUT2D eigenvalue weighted by atomic mass is 32.2. The molecule has 2 aliphatic rings. The van der Waals surface area contributed by atoms with E-state index in [9.17, 15) is 14.3 Å². The summed E-state index contributed by atoms with van der Waals surface area (Å²) in [6, 6.07) is 2.27. The van der Waals surface area contributed by atoms with Crippen molar-refractivity contribution in [3.63, 3.8) is 0 Å². The molecule has 0 radical (unpaired) electrons. The van der Waals surface area contributed by atoms with Gasteiger partial charge in [-0.2, -0.15) is 5.26 Å². The van der Waals surface area contributed by atoms with Crippen molar-refractivity contribution in [1.82, 2.24) is 10.2 Å². The van der Waals surface area contributed by atoms with Crippen molar-refractivity contribution in [2.24, 2.45) is 0 Å². The molecule has 0 aromatic rings. The molecular formula is C14H23N3O2S. The van der Waals surface area contributed by atoms with E-state index in [4.69, 9.17) is 0 Å². The van der Waals surface area contributed by atoms with E-state index in [0.29, 0.717) is 25.4 Å². The number of nitriles is 1. The van der Waals surface area contributed by atoms with Crippen LogP contribution in [0.15, 0.2) is 0 Å². The predicted molar refractivity (Wildman–Crippen MR) is 78.5 cm³/mol. The number of hydrogen-bond acceptors (Lipinski definition) is 4. The molecule has 1 aliphatic heterocycles. The van der Waals surface area contributed by atoms with Crippen LogP contribution in [0.2, 0.25) is 0 Å². The maximum atomic E-state index is 12.1. The highest BCUT2D eigenvalue weighted by molar-refractivity contribution is 7.86. The van der Waals surface area contributed by atoms with Crippen LogP contribution in [0.1, 0.15) is 39.5 Å². The smallest absolute Gasteiger partial charge is 0.235 e. The molecule has 20 heavy (non-hydrogen) atoms. The lowest BCUT2D eigenvalue weighted by Gasteiger charge is -2.37. The van der Waals surface area contributed by atoms with E-state index in [1.165, 1.54) is 0 Å². The van der Waals surface area contributed by atoms with Crippen LogP contribution in [0.25, 0.3) is 0 Å². The Balaban J connectivity index is 1.89. The van der Waals surface area contributed by atoms with Gasteiger partial charge >= 0.3 is 0 Å². The maximum Gasteiger partial charge on any atom is 0.235 e. The summed E-state index contributed by atoms with van der Waals surface area (Å²) >= 11 is 0. The SMILES string of the molecule is CC1(C)CN(CC(=O)NC2(C#N)CCCC2)CC[S@]1=O. The summed E-state index contributed by atoms with van der Waals surface area (Å²) in [6.45, 7) is 5.58. The first kappa shape index (κ1) is 15.5. The first-order valence-corrected chi connectivity index (χ1v) is 8.52. The minimum absolute atomic E-state index is 0.0862. The molecule has 1 atom stereocenters. The zero-order chi connectivity index (χ0) is 14.8. The van der Waals surface area contributed by atoms with E-state index in [1.54, 1.807) is 0 Å². The third-order valence-electron chi connectivity index (χ3n) is 4.23. The van der Waals surface area contributed by atoms with Crippen LogP contribution in [-0.4, -0.2) is 50.7 Å². The van der Waals surface area contributed by atoms with E-state index in [-0.39, 0.29) is 10.7 Å². The molecule has 5 nitrogen and oxygen atoms in total. The Hall–Kier alpha value is -0.930. The van der Waals surface area contributed by atoms with E-state index < -0.39 is 16.3 Å². The van der Waals surface area contributed by atoms with Crippen molar-refractivity contribution < 1.29 is 9.00 Å². The van der Waals surface area contributed by atoms with Crippen molar-refractivity contribution in [3.8, 4) is 6.07 Å². The molecule has 1 saturated heterocycles. The fourth-order valence-electron chi connectivity index (χ4n) is 3.07. The number of amides is 1. The number of carbonyl (C=O) groups is 1. The summed E-state index contributed by atoms with van der Waals surface area (Å²) in [5, 5.41) is 12.2. The second-order valence-electron chi connectivity index (χ2n) is 6.47. The van der Waals surface area contributed by atoms with Gasteiger partial charge in [0.25, 0.3) is 0 Å². The number of rotatable bonds is 3. The topological polar surface area (TPSA) is 73.2 Å². The second kappa shape index (κ2) is 5.82. The Morgan fingerprint density at radius 1 is 1.40 bits per heavy atom. The molecule has 0 spiro atoms. The van der Waals surface area contributed by atoms with Crippen LogP contribution < -0.4 is 5.32 Å². The fourth-order valence-corrected chi connectivity index (χ4v) is 4.37. The fraction of sp³-hybridized carbons (Fsp3) is 0.857. The van der Waals surface area contributed by atoms with Crippen molar-refractivity contribution in [3.05, 3.63) is 0 Å². The van der Waals surface area contributed by atoms with Gasteiger partial charge < -0.3 is 5.32 Å². The third kappa shape index (κ3) is 3.39. The molecule has 0 aromatic carbocycles. The van der Waals surface area contributed by atoms with Gasteiger partial charge in [0.1, 0.15) is 5.54 Å². The standard InChI is InChI=1S/C14H23N3O2S/c1-13(2)11-17(7-8-20(13)19)9-12(18)16-14(10-15)5-3-4-6-14/h3-9,11H2,1-2H3,(H,16,18)/t20-/m1/s1. The van der Waals surface area contributed by atoms with Crippen LogP contribution in [0.3, 0.4) is 0 Å². The van der Waals surface area contributed by atoms with Crippen LogP contribution >= 0.6 is 0 Å². The van der Waals surface area contributed by atoms with Gasteiger partial charge in [-0.05, 0) is 39.5 Å². The molecule has 1 heterocycles. The molecule has 1 saturated carbocycles. The molecule has 1 amide bonds. The first-order valence-electron chi connectivity index (χ1n) is 7.20. The first-order chi connectivity index (χ1) is 9.37. The van der Waals surface area contributed by atoms with Crippen LogP contribution in [0.4, 0.5) is 0 Å². The minimum Gasteiger partial charge on any atom is -0.337 e. The lowest BCUT2D eigenvalue weighted by atomic mass is 10.00. The Bertz CT molecular complexity index is 450. The van der Waals surface area contributed by atoms with Gasteiger partial charge in [0.05, 0.1) is 17.4 Å². The molecule has 6 heteroatoms. The number of nitrogens with zero attached hydrogens (tertiary/aromatic N) is 2. The Labute approximate surface area is 123 Å². The summed E-state index contributed by atoms with van der Waals surface area (Å²) < 4.78 is 11.6. The number of hydrogen-bond donors (Lipinski definition) is 1. The van der Waals surface area contributed by atoms with Crippen molar-refractivity contribution >= 4 is 16.7 Å². The third-order valence-corrected chi connectivity index (χ3v) is 6.15. The van der Waals surface area contributed by atoms with Crippen molar-refractivity contribution in [2.45, 2.75) is 49.8 Å². The maximum absolute atomic E-state index is 12.1. The normalized spacial score (nSPS) is 28.8. The van der Waals surface area contributed by atoms with E-state index in [0.717, 1.165) is 25.7 Å². The van der Waals surface area contributed by atoms with Gasteiger partial charge in [-0.25, -0.2) is 0 Å². The zero-order valence-corrected chi connectivity index (χ0v) is 13.1. The largest absolute Gasteiger partial charge is 0.337 e. The van der Waals surface area contributed by atoms with Gasteiger partial charge in [-0.15, -0.1) is 0 Å². The van der Waals surface area contributed by atoms with E-state index in [1.807, 2.05) is 18.7 Å². The van der Waals surface area contributed by atoms with Gasteiger partial charge in [0, 0.05) is 29.6 Å². The molecule has 0 bridgehead atoms. The molecule has 1 aliphatic carbocycles. The average Bonchev–Trinajstić information content (AvgIpc) is 2.82. The zero-order valence-electron chi connectivity index (χ0n) is 12.3. The molecule has 112 valence electrons. The molecule has 2 rings (SSSR count). The van der Waals surface area contributed by atoms with Crippen LogP contribution in [0, 0.1) is 11.3 Å². The summed E-state index contributed by atoms with van der Waals surface area (Å²) in [7, 11) is -0.826. The molecule has 2 fully saturated rings. The highest BCUT2D eigenvalue weighted by Gasteiger charge is 2.37. The van der Waals surface area contributed by atoms with Crippen molar-refractivity contribution in [2.75, 3.05) is 25.4 Å². The number of carbonyl (C=O) groups excluding carboxylic acids is 1. The van der Waals surface area contributed by atoms with Crippen LogP contribution in [-0.2, 0) is 15.6 Å². The minimum atomic E-state index is -0.826. The summed E-state index contributed by atoms with van der Waals surface area (Å²) in [5.41, 5.74) is -0.648. The Morgan fingerprint density at radius 3 is 2.60 bits per heavy atom. The van der Waals surface area contributed by atoms with Gasteiger partial charge in [-0.1, -0.05) is 0 Å².